The molecular weight excluding hydrogens is 192 g/mol. The van der Waals surface area contributed by atoms with Gasteiger partial charge in [-0.05, 0) is 30.8 Å². The van der Waals surface area contributed by atoms with E-state index in [1.807, 2.05) is 0 Å². The Morgan fingerprint density at radius 2 is 1.79 bits per heavy atom. The second-order valence-electron chi connectivity index (χ2n) is 5.27. The van der Waals surface area contributed by atoms with E-state index in [-0.39, 0.29) is 0 Å². The maximum absolute atomic E-state index is 9.41. The topological polar surface area (TPSA) is 40.5 Å². The van der Waals surface area contributed by atoms with Gasteiger partial charge in [-0.25, -0.2) is 0 Å². The fraction of sp³-hybridized carbons (Fsp3) is 1.00. The molecule has 1 saturated carbocycles. The lowest BCUT2D eigenvalue weighted by atomic mass is 9.84. The van der Waals surface area contributed by atoms with Crippen molar-refractivity contribution in [2.75, 3.05) is 0 Å². The molecule has 0 bridgehead atoms. The van der Waals surface area contributed by atoms with Crippen LogP contribution in [0.2, 0.25) is 12.6 Å². The Kier molecular flexibility index (Phi) is 4.61. The van der Waals surface area contributed by atoms with Gasteiger partial charge in [-0.3, -0.25) is 0 Å². The Labute approximate surface area is 88.6 Å². The molecule has 0 spiro atoms. The van der Waals surface area contributed by atoms with Gasteiger partial charge in [0.2, 0.25) is 0 Å². The normalized spacial score (nSPS) is 22.3. The Morgan fingerprint density at radius 1 is 1.21 bits per heavy atom. The minimum atomic E-state index is -2.80. The lowest BCUT2D eigenvalue weighted by Gasteiger charge is -2.26. The molecule has 0 aliphatic heterocycles. The number of hydrogen-bond acceptors (Lipinski definition) is 2. The Bertz CT molecular complexity index is 159. The van der Waals surface area contributed by atoms with Gasteiger partial charge in [-0.1, -0.05) is 39.0 Å². The van der Waals surface area contributed by atoms with Crippen LogP contribution in [0.5, 0.6) is 0 Å². The van der Waals surface area contributed by atoms with Gasteiger partial charge in [0.1, 0.15) is 0 Å². The van der Waals surface area contributed by atoms with Crippen molar-refractivity contribution < 1.29 is 9.59 Å². The van der Waals surface area contributed by atoms with E-state index in [9.17, 15) is 9.59 Å². The Hall–Kier alpha value is 0.137. The first-order valence-corrected chi connectivity index (χ1v) is 8.52. The summed E-state index contributed by atoms with van der Waals surface area (Å²) in [6.07, 6.45) is 8.08. The zero-order valence-electron chi connectivity index (χ0n) is 9.50. The van der Waals surface area contributed by atoms with Crippen LogP contribution in [0.25, 0.3) is 0 Å². The van der Waals surface area contributed by atoms with Crippen LogP contribution in [0.3, 0.4) is 0 Å². The predicted octanol–water partition coefficient (Wildman–Crippen LogP) is 2.65. The highest BCUT2D eigenvalue weighted by molar-refractivity contribution is 6.63. The second kappa shape index (κ2) is 5.28. The van der Waals surface area contributed by atoms with E-state index in [4.69, 9.17) is 0 Å². The van der Waals surface area contributed by atoms with Gasteiger partial charge in [0, 0.05) is 0 Å². The lowest BCUT2D eigenvalue weighted by Crippen LogP contribution is -2.32. The Morgan fingerprint density at radius 3 is 2.29 bits per heavy atom. The molecule has 1 aliphatic rings. The highest BCUT2D eigenvalue weighted by atomic mass is 28.4. The minimum Gasteiger partial charge on any atom is -0.411 e. The fourth-order valence-corrected chi connectivity index (χ4v) is 4.22. The van der Waals surface area contributed by atoms with Gasteiger partial charge in [0.05, 0.1) is 0 Å². The molecule has 3 heteroatoms. The molecule has 2 nitrogen and oxygen atoms in total. The molecule has 0 aromatic carbocycles. The summed E-state index contributed by atoms with van der Waals surface area (Å²) in [4.78, 5) is 18.8. The smallest absolute Gasteiger partial charge is 0.329 e. The number of rotatable bonds is 4. The molecule has 1 atom stereocenters. The van der Waals surface area contributed by atoms with Crippen LogP contribution >= 0.6 is 0 Å². The summed E-state index contributed by atoms with van der Waals surface area (Å²) in [5, 5.41) is 0. The molecule has 1 fully saturated rings. The summed E-state index contributed by atoms with van der Waals surface area (Å²) in [5.41, 5.74) is 0. The zero-order valence-corrected chi connectivity index (χ0v) is 10.5. The first-order chi connectivity index (χ1) is 6.47. The predicted molar refractivity (Wildman–Crippen MR) is 61.2 cm³/mol. The van der Waals surface area contributed by atoms with Crippen molar-refractivity contribution in [3.8, 4) is 0 Å². The van der Waals surface area contributed by atoms with Crippen LogP contribution in [0, 0.1) is 11.8 Å². The van der Waals surface area contributed by atoms with Gasteiger partial charge < -0.3 is 9.59 Å². The van der Waals surface area contributed by atoms with Crippen molar-refractivity contribution in [3.05, 3.63) is 0 Å². The van der Waals surface area contributed by atoms with E-state index < -0.39 is 8.56 Å². The van der Waals surface area contributed by atoms with Crippen LogP contribution in [0.4, 0.5) is 0 Å². The van der Waals surface area contributed by atoms with Crippen LogP contribution in [0.15, 0.2) is 0 Å². The van der Waals surface area contributed by atoms with Crippen molar-refractivity contribution in [1.82, 2.24) is 0 Å². The monoisotopic (exact) mass is 216 g/mol. The largest absolute Gasteiger partial charge is 0.411 e. The molecule has 0 amide bonds. The molecule has 0 aromatic rings. The average molecular weight is 216 g/mol. The SMILES string of the molecule is CC(CC1CCCCC1)C[Si](C)(O)O. The van der Waals surface area contributed by atoms with E-state index in [0.29, 0.717) is 12.0 Å². The van der Waals surface area contributed by atoms with Crippen molar-refractivity contribution >= 4 is 8.56 Å². The van der Waals surface area contributed by atoms with Gasteiger partial charge in [-0.2, -0.15) is 0 Å². The third kappa shape index (κ3) is 5.13. The molecule has 1 aliphatic carbocycles. The summed E-state index contributed by atoms with van der Waals surface area (Å²) in [6.45, 7) is 3.77. The van der Waals surface area contributed by atoms with Crippen molar-refractivity contribution in [2.24, 2.45) is 11.8 Å². The molecule has 0 saturated heterocycles. The van der Waals surface area contributed by atoms with Crippen LogP contribution < -0.4 is 0 Å². The van der Waals surface area contributed by atoms with E-state index in [0.717, 1.165) is 5.92 Å². The van der Waals surface area contributed by atoms with Gasteiger partial charge in [0.25, 0.3) is 0 Å². The molecule has 0 radical (unpaired) electrons. The molecular formula is C11H24O2Si. The maximum Gasteiger partial charge on any atom is 0.329 e. The van der Waals surface area contributed by atoms with Crippen LogP contribution in [-0.2, 0) is 0 Å². The van der Waals surface area contributed by atoms with E-state index in [1.54, 1.807) is 6.55 Å². The third-order valence-electron chi connectivity index (χ3n) is 3.20. The van der Waals surface area contributed by atoms with Crippen molar-refractivity contribution in [3.63, 3.8) is 0 Å². The highest BCUT2D eigenvalue weighted by Crippen LogP contribution is 2.31. The molecule has 0 heterocycles. The van der Waals surface area contributed by atoms with Gasteiger partial charge >= 0.3 is 8.56 Å². The van der Waals surface area contributed by atoms with Crippen LogP contribution in [0.1, 0.15) is 45.4 Å². The molecule has 14 heavy (non-hydrogen) atoms. The van der Waals surface area contributed by atoms with Gasteiger partial charge in [0.15, 0.2) is 0 Å². The summed E-state index contributed by atoms with van der Waals surface area (Å²) in [7, 11) is -2.80. The third-order valence-corrected chi connectivity index (χ3v) is 4.67. The summed E-state index contributed by atoms with van der Waals surface area (Å²) in [5.74, 6) is 1.35. The standard InChI is InChI=1S/C11H24O2Si/c1-10(9-14(2,12)13)8-11-6-4-3-5-7-11/h10-13H,3-9H2,1-2H3. The first-order valence-electron chi connectivity index (χ1n) is 5.92. The summed E-state index contributed by atoms with van der Waals surface area (Å²) in [6, 6.07) is 0.642. The highest BCUT2D eigenvalue weighted by Gasteiger charge is 2.26. The van der Waals surface area contributed by atoms with E-state index >= 15 is 0 Å². The minimum absolute atomic E-state index is 0.491. The van der Waals surface area contributed by atoms with Gasteiger partial charge in [-0.15, -0.1) is 0 Å². The van der Waals surface area contributed by atoms with Crippen molar-refractivity contribution in [1.29, 1.82) is 0 Å². The second-order valence-corrected chi connectivity index (χ2v) is 8.11. The molecule has 2 N–H and O–H groups in total. The fourth-order valence-electron chi connectivity index (χ4n) is 2.74. The van der Waals surface area contributed by atoms with E-state index in [2.05, 4.69) is 6.92 Å². The molecule has 1 rings (SSSR count). The summed E-state index contributed by atoms with van der Waals surface area (Å²) < 4.78 is 0. The Balaban J connectivity index is 2.21. The lowest BCUT2D eigenvalue weighted by molar-refractivity contribution is 0.289. The van der Waals surface area contributed by atoms with Crippen molar-refractivity contribution in [2.45, 2.75) is 58.0 Å². The number of hydrogen-bond donors (Lipinski definition) is 2. The molecule has 84 valence electrons. The average Bonchev–Trinajstić information content (AvgIpc) is 2.02. The first kappa shape index (κ1) is 12.2. The maximum atomic E-state index is 9.41. The summed E-state index contributed by atoms with van der Waals surface area (Å²) >= 11 is 0. The van der Waals surface area contributed by atoms with Crippen LogP contribution in [-0.4, -0.2) is 18.2 Å². The quantitative estimate of drug-likeness (QED) is 0.709. The molecule has 0 aromatic heterocycles. The zero-order chi connectivity index (χ0) is 10.6. The molecule has 1 unspecified atom stereocenters. The van der Waals surface area contributed by atoms with E-state index in [1.165, 1.54) is 38.5 Å².